The van der Waals surface area contributed by atoms with Gasteiger partial charge >= 0.3 is 0 Å². The van der Waals surface area contributed by atoms with Crippen LogP contribution in [0.1, 0.15) is 18.5 Å². The molecule has 100 valence electrons. The molecule has 2 atom stereocenters. The summed E-state index contributed by atoms with van der Waals surface area (Å²) in [6.45, 7) is 4.39. The van der Waals surface area contributed by atoms with E-state index in [-0.39, 0.29) is 18.0 Å². The van der Waals surface area contributed by atoms with Crippen LogP contribution < -0.4 is 5.32 Å². The molecule has 1 heterocycles. The topological polar surface area (TPSA) is 30.5 Å². The number of hydrogen-bond acceptors (Lipinski definition) is 3. The molecule has 3 nitrogen and oxygen atoms in total. The third-order valence-corrected chi connectivity index (χ3v) is 3.57. The van der Waals surface area contributed by atoms with E-state index in [2.05, 4.69) is 21.2 Å². The summed E-state index contributed by atoms with van der Waals surface area (Å²) in [6, 6.07) is 5.12. The maximum absolute atomic E-state index is 14.1. The minimum atomic E-state index is -0.238. The smallest absolute Gasteiger partial charge is 0.142 e. The Morgan fingerprint density at radius 3 is 3.00 bits per heavy atom. The first-order valence-corrected chi connectivity index (χ1v) is 6.90. The average molecular weight is 318 g/mol. The Labute approximate surface area is 115 Å². The van der Waals surface area contributed by atoms with Gasteiger partial charge in [0.15, 0.2) is 0 Å². The van der Waals surface area contributed by atoms with Gasteiger partial charge in [-0.15, -0.1) is 0 Å². The molecular weight excluding hydrogens is 301 g/mol. The van der Waals surface area contributed by atoms with Crippen molar-refractivity contribution in [2.24, 2.45) is 0 Å². The van der Waals surface area contributed by atoms with Crippen LogP contribution >= 0.6 is 15.9 Å². The lowest BCUT2D eigenvalue weighted by Gasteiger charge is -2.31. The number of rotatable bonds is 4. The highest BCUT2D eigenvalue weighted by molar-refractivity contribution is 9.10. The molecule has 1 aromatic carbocycles. The zero-order chi connectivity index (χ0) is 13.0. The highest BCUT2D eigenvalue weighted by Gasteiger charge is 2.28. The van der Waals surface area contributed by atoms with Crippen LogP contribution in [0.2, 0.25) is 0 Å². The lowest BCUT2D eigenvalue weighted by Crippen LogP contribution is -2.41. The monoisotopic (exact) mass is 317 g/mol. The Morgan fingerprint density at radius 1 is 1.50 bits per heavy atom. The van der Waals surface area contributed by atoms with E-state index >= 15 is 0 Å². The van der Waals surface area contributed by atoms with Crippen molar-refractivity contribution in [3.63, 3.8) is 0 Å². The maximum Gasteiger partial charge on any atom is 0.142 e. The van der Waals surface area contributed by atoms with Crippen LogP contribution in [0.3, 0.4) is 0 Å². The first kappa shape index (κ1) is 13.9. The van der Waals surface area contributed by atoms with Gasteiger partial charge in [-0.1, -0.05) is 19.1 Å². The molecule has 2 rings (SSSR count). The van der Waals surface area contributed by atoms with E-state index < -0.39 is 0 Å². The number of nitrogens with one attached hydrogen (secondary N) is 1. The Hall–Kier alpha value is -0.490. The van der Waals surface area contributed by atoms with E-state index in [0.717, 1.165) is 6.54 Å². The molecule has 0 aromatic heterocycles. The van der Waals surface area contributed by atoms with E-state index in [1.54, 1.807) is 12.1 Å². The van der Waals surface area contributed by atoms with Crippen molar-refractivity contribution in [3.05, 3.63) is 34.1 Å². The van der Waals surface area contributed by atoms with Crippen molar-refractivity contribution in [1.29, 1.82) is 0 Å². The van der Waals surface area contributed by atoms with Crippen LogP contribution in [0.5, 0.6) is 0 Å². The summed E-state index contributed by atoms with van der Waals surface area (Å²) in [5, 5.41) is 3.27. The second-order valence-electron chi connectivity index (χ2n) is 4.16. The summed E-state index contributed by atoms with van der Waals surface area (Å²) < 4.78 is 25.7. The molecule has 0 aliphatic carbocycles. The molecule has 0 saturated carbocycles. The third-order valence-electron chi connectivity index (χ3n) is 2.95. The molecule has 0 spiro atoms. The summed E-state index contributed by atoms with van der Waals surface area (Å²) in [5.74, 6) is -0.238. The zero-order valence-corrected chi connectivity index (χ0v) is 11.9. The lowest BCUT2D eigenvalue weighted by atomic mass is 10.0. The Kier molecular flexibility index (Phi) is 5.12. The van der Waals surface area contributed by atoms with Crippen LogP contribution in [0.25, 0.3) is 0 Å². The summed E-state index contributed by atoms with van der Waals surface area (Å²) in [6.07, 6.45) is -0.150. The van der Waals surface area contributed by atoms with Crippen LogP contribution in [-0.4, -0.2) is 32.5 Å². The van der Waals surface area contributed by atoms with Crippen LogP contribution in [-0.2, 0) is 9.47 Å². The predicted molar refractivity (Wildman–Crippen MR) is 71.1 cm³/mol. The Bertz CT molecular complexity index is 397. The number of likely N-dealkylation sites (N-methyl/N-ethyl adjacent to an activating group) is 1. The minimum Gasteiger partial charge on any atom is -0.376 e. The summed E-state index contributed by atoms with van der Waals surface area (Å²) >= 11 is 3.21. The fourth-order valence-corrected chi connectivity index (χ4v) is 2.50. The molecule has 0 amide bonds. The van der Waals surface area contributed by atoms with E-state index in [0.29, 0.717) is 29.9 Å². The van der Waals surface area contributed by atoms with E-state index in [9.17, 15) is 4.39 Å². The van der Waals surface area contributed by atoms with Crippen LogP contribution in [0.4, 0.5) is 4.39 Å². The minimum absolute atomic E-state index is 0.150. The van der Waals surface area contributed by atoms with E-state index in [1.165, 1.54) is 0 Å². The fraction of sp³-hybridized carbons (Fsp3) is 0.538. The molecule has 1 aromatic rings. The number of benzene rings is 1. The normalized spacial score (nSPS) is 21.8. The molecule has 18 heavy (non-hydrogen) atoms. The van der Waals surface area contributed by atoms with Gasteiger partial charge in [0.25, 0.3) is 0 Å². The molecule has 0 radical (unpaired) electrons. The van der Waals surface area contributed by atoms with E-state index in [1.807, 2.05) is 13.0 Å². The standard InChI is InChI=1S/C13H17BrFNO2/c1-2-16-13(11-8-17-6-7-18-11)9-4-3-5-10(14)12(9)15/h3-5,11,13,16H,2,6-8H2,1H3. The molecule has 5 heteroatoms. The number of hydrogen-bond donors (Lipinski definition) is 1. The van der Waals surface area contributed by atoms with Crippen molar-refractivity contribution in [2.45, 2.75) is 19.1 Å². The summed E-state index contributed by atoms with van der Waals surface area (Å²) in [4.78, 5) is 0. The molecule has 1 aliphatic rings. The SMILES string of the molecule is CCNC(c1cccc(Br)c1F)C1COCCO1. The van der Waals surface area contributed by atoms with Gasteiger partial charge < -0.3 is 14.8 Å². The maximum atomic E-state index is 14.1. The van der Waals surface area contributed by atoms with Gasteiger partial charge in [0.2, 0.25) is 0 Å². The van der Waals surface area contributed by atoms with Crippen molar-refractivity contribution in [2.75, 3.05) is 26.4 Å². The van der Waals surface area contributed by atoms with E-state index in [4.69, 9.17) is 9.47 Å². The van der Waals surface area contributed by atoms with Crippen LogP contribution in [0, 0.1) is 5.82 Å². The number of halogens is 2. The largest absolute Gasteiger partial charge is 0.376 e. The fourth-order valence-electron chi connectivity index (χ4n) is 2.12. The quantitative estimate of drug-likeness (QED) is 0.926. The summed E-state index contributed by atoms with van der Waals surface area (Å²) in [7, 11) is 0. The van der Waals surface area contributed by atoms with Crippen molar-refractivity contribution in [1.82, 2.24) is 5.32 Å². The molecule has 1 N–H and O–H groups in total. The first-order chi connectivity index (χ1) is 8.74. The predicted octanol–water partition coefficient (Wildman–Crippen LogP) is 2.65. The second-order valence-corrected chi connectivity index (χ2v) is 5.02. The van der Waals surface area contributed by atoms with Crippen molar-refractivity contribution >= 4 is 15.9 Å². The average Bonchev–Trinajstić information content (AvgIpc) is 2.41. The second kappa shape index (κ2) is 6.61. The molecule has 2 unspecified atom stereocenters. The first-order valence-electron chi connectivity index (χ1n) is 6.10. The lowest BCUT2D eigenvalue weighted by molar-refractivity contribution is -0.102. The van der Waals surface area contributed by atoms with Gasteiger partial charge in [-0.25, -0.2) is 4.39 Å². The van der Waals surface area contributed by atoms with Gasteiger partial charge in [-0.2, -0.15) is 0 Å². The third kappa shape index (κ3) is 3.09. The van der Waals surface area contributed by atoms with Gasteiger partial charge in [-0.05, 0) is 28.5 Å². The number of ether oxygens (including phenoxy) is 2. The van der Waals surface area contributed by atoms with Gasteiger partial charge in [0.1, 0.15) is 11.9 Å². The summed E-state index contributed by atoms with van der Waals surface area (Å²) in [5.41, 5.74) is 0.613. The highest BCUT2D eigenvalue weighted by Crippen LogP contribution is 2.28. The van der Waals surface area contributed by atoms with Crippen molar-refractivity contribution < 1.29 is 13.9 Å². The van der Waals surface area contributed by atoms with Crippen molar-refractivity contribution in [3.8, 4) is 0 Å². The molecule has 0 bridgehead atoms. The molecule has 1 fully saturated rings. The van der Waals surface area contributed by atoms with Gasteiger partial charge in [-0.3, -0.25) is 0 Å². The zero-order valence-electron chi connectivity index (χ0n) is 10.3. The molecular formula is C13H17BrFNO2. The van der Waals surface area contributed by atoms with Gasteiger partial charge in [0.05, 0.1) is 30.3 Å². The molecule has 1 aliphatic heterocycles. The van der Waals surface area contributed by atoms with Crippen LogP contribution in [0.15, 0.2) is 22.7 Å². The van der Waals surface area contributed by atoms with Gasteiger partial charge in [0, 0.05) is 5.56 Å². The Morgan fingerprint density at radius 2 is 2.33 bits per heavy atom. The highest BCUT2D eigenvalue weighted by atomic mass is 79.9. The molecule has 1 saturated heterocycles. The Balaban J connectivity index is 2.25.